The van der Waals surface area contributed by atoms with E-state index < -0.39 is 6.03 Å². The number of urea groups is 1. The average Bonchev–Trinajstić information content (AvgIpc) is 3.37. The van der Waals surface area contributed by atoms with E-state index in [9.17, 15) is 9.59 Å². The van der Waals surface area contributed by atoms with Crippen LogP contribution in [-0.4, -0.2) is 50.7 Å². The summed E-state index contributed by atoms with van der Waals surface area (Å²) in [7, 11) is 0. The lowest BCUT2D eigenvalue weighted by molar-refractivity contribution is 0.0951. The molecule has 38 heavy (non-hydrogen) atoms. The van der Waals surface area contributed by atoms with E-state index in [1.54, 1.807) is 17.3 Å². The fraction of sp³-hybridized carbons (Fsp3) is 0.310. The zero-order valence-electron chi connectivity index (χ0n) is 21.8. The van der Waals surface area contributed by atoms with E-state index in [1.807, 2.05) is 35.9 Å². The zero-order chi connectivity index (χ0) is 26.6. The number of amides is 3. The van der Waals surface area contributed by atoms with Crippen molar-refractivity contribution in [3.8, 4) is 11.1 Å². The Bertz CT molecular complexity index is 1460. The number of rotatable bonds is 7. The number of hydrogen-bond acceptors (Lipinski definition) is 5. The van der Waals surface area contributed by atoms with Gasteiger partial charge in [0.15, 0.2) is 5.65 Å². The van der Waals surface area contributed by atoms with Gasteiger partial charge in [0.2, 0.25) is 0 Å². The van der Waals surface area contributed by atoms with Crippen molar-refractivity contribution in [3.05, 3.63) is 77.6 Å². The highest BCUT2D eigenvalue weighted by molar-refractivity contribution is 6.06. The maximum absolute atomic E-state index is 13.6. The van der Waals surface area contributed by atoms with Crippen molar-refractivity contribution in [1.82, 2.24) is 25.0 Å². The van der Waals surface area contributed by atoms with E-state index >= 15 is 0 Å². The number of likely N-dealkylation sites (tertiary alicyclic amines) is 1. The van der Waals surface area contributed by atoms with Crippen molar-refractivity contribution in [2.75, 3.05) is 18.4 Å². The van der Waals surface area contributed by atoms with Gasteiger partial charge in [-0.2, -0.15) is 5.10 Å². The van der Waals surface area contributed by atoms with Gasteiger partial charge in [-0.1, -0.05) is 48.5 Å². The Morgan fingerprint density at radius 1 is 1.05 bits per heavy atom. The van der Waals surface area contributed by atoms with Crippen molar-refractivity contribution in [3.63, 3.8) is 0 Å². The number of carbonyl (C=O) groups is 2. The largest absolute Gasteiger partial charge is 0.381 e. The van der Waals surface area contributed by atoms with Crippen LogP contribution >= 0.6 is 0 Å². The van der Waals surface area contributed by atoms with Gasteiger partial charge in [-0.05, 0) is 48.9 Å². The summed E-state index contributed by atoms with van der Waals surface area (Å²) in [4.78, 5) is 31.4. The molecule has 5 rings (SSSR count). The van der Waals surface area contributed by atoms with Crippen molar-refractivity contribution in [1.29, 1.82) is 0 Å². The molecule has 9 heteroatoms. The third kappa shape index (κ3) is 5.04. The van der Waals surface area contributed by atoms with Crippen LogP contribution in [0.5, 0.6) is 0 Å². The molecule has 2 aromatic carbocycles. The molecule has 1 aliphatic heterocycles. The van der Waals surface area contributed by atoms with Gasteiger partial charge in [0.1, 0.15) is 0 Å². The highest BCUT2D eigenvalue weighted by Gasteiger charge is 2.25. The van der Waals surface area contributed by atoms with Crippen molar-refractivity contribution >= 4 is 28.7 Å². The molecule has 0 saturated carbocycles. The summed E-state index contributed by atoms with van der Waals surface area (Å²) >= 11 is 0. The summed E-state index contributed by atoms with van der Waals surface area (Å²) < 4.78 is 1.82. The highest BCUT2D eigenvalue weighted by Crippen LogP contribution is 2.30. The van der Waals surface area contributed by atoms with Crippen LogP contribution < -0.4 is 16.4 Å². The second-order valence-electron chi connectivity index (χ2n) is 9.64. The van der Waals surface area contributed by atoms with E-state index in [0.717, 1.165) is 51.8 Å². The van der Waals surface area contributed by atoms with Gasteiger partial charge in [0.05, 0.1) is 22.8 Å². The molecule has 0 radical (unpaired) electrons. The van der Waals surface area contributed by atoms with Crippen LogP contribution in [0.4, 0.5) is 10.5 Å². The predicted octanol–water partition coefficient (Wildman–Crippen LogP) is 4.31. The lowest BCUT2D eigenvalue weighted by Gasteiger charge is -2.32. The number of primary amides is 1. The molecule has 3 amide bonds. The van der Waals surface area contributed by atoms with Gasteiger partial charge in [-0.15, -0.1) is 0 Å². The summed E-state index contributed by atoms with van der Waals surface area (Å²) in [5, 5.41) is 12.0. The maximum Gasteiger partial charge on any atom is 0.314 e. The first-order valence-corrected chi connectivity index (χ1v) is 13.0. The Balaban J connectivity index is 1.42. The normalized spacial score (nSPS) is 14.0. The van der Waals surface area contributed by atoms with Crippen LogP contribution in [0.3, 0.4) is 0 Å². The fourth-order valence-corrected chi connectivity index (χ4v) is 5.12. The number of fused-ring (bicyclic) bond motifs is 1. The third-order valence-electron chi connectivity index (χ3n) is 7.29. The topological polar surface area (TPSA) is 118 Å². The number of aromatic nitrogens is 3. The molecule has 1 fully saturated rings. The SMILES string of the molecule is CCn1ncc2c(NC3CCN(C(N)=O)CC3)c(C(=O)NCc3c(C)cccc3-c3ccccc3)cnc21. The minimum atomic E-state index is -0.398. The molecule has 1 saturated heterocycles. The number of pyridine rings is 1. The number of aryl methyl sites for hydroxylation is 2. The van der Waals surface area contributed by atoms with E-state index in [0.29, 0.717) is 31.7 Å². The van der Waals surface area contributed by atoms with Gasteiger partial charge >= 0.3 is 6.03 Å². The Morgan fingerprint density at radius 2 is 1.82 bits per heavy atom. The fourth-order valence-electron chi connectivity index (χ4n) is 5.12. The third-order valence-corrected chi connectivity index (χ3v) is 7.29. The van der Waals surface area contributed by atoms with Crippen LogP contribution in [0.25, 0.3) is 22.2 Å². The molecule has 4 N–H and O–H groups in total. The molecule has 0 aliphatic carbocycles. The monoisotopic (exact) mass is 511 g/mol. The highest BCUT2D eigenvalue weighted by atomic mass is 16.2. The van der Waals surface area contributed by atoms with Gasteiger partial charge < -0.3 is 21.3 Å². The zero-order valence-corrected chi connectivity index (χ0v) is 21.8. The van der Waals surface area contributed by atoms with Gasteiger partial charge in [0.25, 0.3) is 5.91 Å². The molecular weight excluding hydrogens is 478 g/mol. The summed E-state index contributed by atoms with van der Waals surface area (Å²) in [6, 6.07) is 16.1. The van der Waals surface area contributed by atoms with E-state index in [1.165, 1.54) is 0 Å². The lowest BCUT2D eigenvalue weighted by Crippen LogP contribution is -2.44. The Morgan fingerprint density at radius 3 is 2.53 bits per heavy atom. The number of anilines is 1. The first kappa shape index (κ1) is 25.3. The van der Waals surface area contributed by atoms with Crippen molar-refractivity contribution in [2.24, 2.45) is 5.73 Å². The van der Waals surface area contributed by atoms with Crippen LogP contribution in [-0.2, 0) is 13.1 Å². The van der Waals surface area contributed by atoms with Crippen LogP contribution in [0, 0.1) is 6.92 Å². The molecule has 2 aromatic heterocycles. The lowest BCUT2D eigenvalue weighted by atomic mass is 9.96. The summed E-state index contributed by atoms with van der Waals surface area (Å²) in [5.41, 5.74) is 11.8. The molecule has 3 heterocycles. The molecule has 0 unspecified atom stereocenters. The van der Waals surface area contributed by atoms with Gasteiger partial charge in [-0.3, -0.25) is 4.79 Å². The molecule has 9 nitrogen and oxygen atoms in total. The number of nitrogens with zero attached hydrogens (tertiary/aromatic N) is 4. The Kier molecular flexibility index (Phi) is 7.26. The predicted molar refractivity (Wildman–Crippen MR) is 149 cm³/mol. The summed E-state index contributed by atoms with van der Waals surface area (Å²) in [6.07, 6.45) is 4.86. The number of nitrogens with one attached hydrogen (secondary N) is 2. The second kappa shape index (κ2) is 10.9. The summed E-state index contributed by atoms with van der Waals surface area (Å²) in [6.45, 7) is 6.28. The van der Waals surface area contributed by atoms with Crippen LogP contribution in [0.1, 0.15) is 41.3 Å². The Hall–Kier alpha value is -4.40. The molecule has 0 spiro atoms. The number of benzene rings is 2. The molecule has 4 aromatic rings. The average molecular weight is 512 g/mol. The molecule has 0 bridgehead atoms. The Labute approximate surface area is 222 Å². The van der Waals surface area contributed by atoms with Crippen LogP contribution in [0.2, 0.25) is 0 Å². The smallest absolute Gasteiger partial charge is 0.314 e. The van der Waals surface area contributed by atoms with E-state index in [2.05, 4.69) is 51.9 Å². The minimum Gasteiger partial charge on any atom is -0.381 e. The standard InChI is InChI=1S/C29H33N7O2/c1-3-36-27-24(18-33-36)26(34-21-12-14-35(15-13-21)29(30)38)25(17-31-27)28(37)32-16-23-19(2)8-7-11-22(23)20-9-5-4-6-10-20/h4-11,17-18,21H,3,12-16H2,1-2H3,(H2,30,38)(H,31,34)(H,32,37). The van der Waals surface area contributed by atoms with E-state index in [-0.39, 0.29) is 11.9 Å². The maximum atomic E-state index is 13.6. The van der Waals surface area contributed by atoms with Gasteiger partial charge in [0, 0.05) is 38.4 Å². The van der Waals surface area contributed by atoms with Crippen molar-refractivity contribution < 1.29 is 9.59 Å². The van der Waals surface area contributed by atoms with E-state index in [4.69, 9.17) is 5.73 Å². The number of carbonyl (C=O) groups excluding carboxylic acids is 2. The molecular formula is C29H33N7O2. The number of nitrogens with two attached hydrogens (primary N) is 1. The van der Waals surface area contributed by atoms with Crippen LogP contribution in [0.15, 0.2) is 60.9 Å². The molecule has 1 aliphatic rings. The number of piperidine rings is 1. The first-order valence-electron chi connectivity index (χ1n) is 13.0. The molecule has 0 atom stereocenters. The van der Waals surface area contributed by atoms with Crippen molar-refractivity contribution in [2.45, 2.75) is 45.8 Å². The first-order chi connectivity index (χ1) is 18.5. The molecule has 196 valence electrons. The second-order valence-corrected chi connectivity index (χ2v) is 9.64. The summed E-state index contributed by atoms with van der Waals surface area (Å²) in [5.74, 6) is -0.206. The minimum absolute atomic E-state index is 0.0915. The van der Waals surface area contributed by atoms with Gasteiger partial charge in [-0.25, -0.2) is 14.5 Å². The number of hydrogen-bond donors (Lipinski definition) is 3. The quantitative estimate of drug-likeness (QED) is 0.342.